The summed E-state index contributed by atoms with van der Waals surface area (Å²) >= 11 is 0. The first-order chi connectivity index (χ1) is 14.0. The van der Waals surface area contributed by atoms with E-state index in [1.165, 1.54) is 0 Å². The highest BCUT2D eigenvalue weighted by molar-refractivity contribution is 6.04. The quantitative estimate of drug-likeness (QED) is 0.715. The molecule has 1 aromatic heterocycles. The van der Waals surface area contributed by atoms with Crippen LogP contribution in [-0.4, -0.2) is 52.2 Å². The molecule has 0 bridgehead atoms. The highest BCUT2D eigenvalue weighted by Gasteiger charge is 2.26. The van der Waals surface area contributed by atoms with Gasteiger partial charge in [-0.15, -0.1) is 0 Å². The molecule has 4 rings (SSSR count). The van der Waals surface area contributed by atoms with Crippen LogP contribution in [0.5, 0.6) is 0 Å². The highest BCUT2D eigenvalue weighted by Crippen LogP contribution is 2.16. The number of carbonyl (C=O) groups is 2. The first kappa shape index (κ1) is 19.1. The van der Waals surface area contributed by atoms with Crippen LogP contribution in [-0.2, 0) is 11.3 Å². The number of amides is 2. The van der Waals surface area contributed by atoms with Crippen LogP contribution in [0.2, 0.25) is 0 Å². The maximum atomic E-state index is 12.7. The molecule has 2 aromatic carbocycles. The molecule has 150 valence electrons. The fraction of sp³-hybridized carbons (Fsp3) is 0.318. The van der Waals surface area contributed by atoms with Gasteiger partial charge in [-0.25, -0.2) is 0 Å². The molecule has 3 aromatic rings. The Morgan fingerprint density at radius 2 is 1.79 bits per heavy atom. The fourth-order valence-corrected chi connectivity index (χ4v) is 3.69. The van der Waals surface area contributed by atoms with Crippen LogP contribution in [0.4, 0.5) is 0 Å². The Kier molecular flexibility index (Phi) is 5.31. The number of rotatable bonds is 4. The lowest BCUT2D eigenvalue weighted by Gasteiger charge is -2.35. The number of fused-ring (bicyclic) bond motifs is 1. The van der Waals surface area contributed by atoms with Gasteiger partial charge in [0.15, 0.2) is 5.69 Å². The van der Waals surface area contributed by atoms with E-state index in [2.05, 4.69) is 15.5 Å². The summed E-state index contributed by atoms with van der Waals surface area (Å²) < 4.78 is 5.69. The largest absolute Gasteiger partial charge is 0.372 e. The minimum atomic E-state index is -0.237. The maximum absolute atomic E-state index is 12.7. The third-order valence-electron chi connectivity index (χ3n) is 5.05. The van der Waals surface area contributed by atoms with Gasteiger partial charge in [-0.3, -0.25) is 14.7 Å². The molecular weight excluding hydrogens is 368 g/mol. The van der Waals surface area contributed by atoms with Crippen LogP contribution < -0.4 is 5.32 Å². The molecule has 1 aliphatic rings. The van der Waals surface area contributed by atoms with E-state index in [-0.39, 0.29) is 24.0 Å². The van der Waals surface area contributed by atoms with Crippen molar-refractivity contribution in [1.29, 1.82) is 0 Å². The standard InChI is InChI=1S/C22H24N4O3/c1-14-12-26(13-15(2)29-14)22(28)17-9-7-16(8-10-17)11-23-21(27)20-18-5-3-4-6-19(18)24-25-20/h3-10,14-15H,11-13H2,1-2H3,(H,23,27)(H,24,25). The molecule has 1 aliphatic heterocycles. The van der Waals surface area contributed by atoms with Crippen molar-refractivity contribution < 1.29 is 14.3 Å². The number of morpholine rings is 1. The first-order valence-corrected chi connectivity index (χ1v) is 9.76. The van der Waals surface area contributed by atoms with Crippen molar-refractivity contribution in [2.75, 3.05) is 13.1 Å². The molecule has 2 unspecified atom stereocenters. The second-order valence-corrected chi connectivity index (χ2v) is 7.46. The van der Waals surface area contributed by atoms with E-state index in [1.807, 2.05) is 55.1 Å². The van der Waals surface area contributed by atoms with E-state index >= 15 is 0 Å². The lowest BCUT2D eigenvalue weighted by Crippen LogP contribution is -2.48. The Morgan fingerprint density at radius 3 is 2.52 bits per heavy atom. The van der Waals surface area contributed by atoms with Crippen LogP contribution in [0.1, 0.15) is 40.3 Å². The Morgan fingerprint density at radius 1 is 1.10 bits per heavy atom. The summed E-state index contributed by atoms with van der Waals surface area (Å²) in [5.74, 6) is -0.232. The number of hydrogen-bond acceptors (Lipinski definition) is 4. The van der Waals surface area contributed by atoms with Gasteiger partial charge >= 0.3 is 0 Å². The van der Waals surface area contributed by atoms with Gasteiger partial charge < -0.3 is 15.0 Å². The van der Waals surface area contributed by atoms with Crippen LogP contribution >= 0.6 is 0 Å². The molecule has 2 N–H and O–H groups in total. The summed E-state index contributed by atoms with van der Waals surface area (Å²) in [6, 6.07) is 14.8. The number of aromatic amines is 1. The van der Waals surface area contributed by atoms with E-state index in [1.54, 1.807) is 12.1 Å². The number of nitrogens with one attached hydrogen (secondary N) is 2. The molecule has 2 heterocycles. The summed E-state index contributed by atoms with van der Waals surface area (Å²) in [7, 11) is 0. The van der Waals surface area contributed by atoms with Gasteiger partial charge in [0.1, 0.15) is 0 Å². The molecule has 0 aliphatic carbocycles. The smallest absolute Gasteiger partial charge is 0.272 e. The average Bonchev–Trinajstić information content (AvgIpc) is 3.15. The molecule has 0 spiro atoms. The molecule has 0 saturated carbocycles. The summed E-state index contributed by atoms with van der Waals surface area (Å²) in [5.41, 5.74) is 2.76. The van der Waals surface area contributed by atoms with Crippen molar-refractivity contribution in [1.82, 2.24) is 20.4 Å². The van der Waals surface area contributed by atoms with E-state index in [0.29, 0.717) is 30.9 Å². The van der Waals surface area contributed by atoms with Crippen LogP contribution in [0.3, 0.4) is 0 Å². The van der Waals surface area contributed by atoms with Gasteiger partial charge in [-0.2, -0.15) is 5.10 Å². The highest BCUT2D eigenvalue weighted by atomic mass is 16.5. The normalized spacial score (nSPS) is 19.3. The van der Waals surface area contributed by atoms with Gasteiger partial charge in [0.05, 0.1) is 17.7 Å². The Labute approximate surface area is 169 Å². The Bertz CT molecular complexity index is 1020. The van der Waals surface area contributed by atoms with Gasteiger partial charge in [-0.1, -0.05) is 30.3 Å². The average molecular weight is 392 g/mol. The number of para-hydroxylation sites is 1. The summed E-state index contributed by atoms with van der Waals surface area (Å²) in [6.45, 7) is 5.51. The predicted molar refractivity (Wildman–Crippen MR) is 110 cm³/mol. The number of H-pyrrole nitrogens is 1. The summed E-state index contributed by atoms with van der Waals surface area (Å²) in [6.07, 6.45) is 0.0746. The monoisotopic (exact) mass is 392 g/mol. The Hall–Kier alpha value is -3.19. The second-order valence-electron chi connectivity index (χ2n) is 7.46. The van der Waals surface area contributed by atoms with Crippen molar-refractivity contribution in [3.8, 4) is 0 Å². The number of nitrogens with zero attached hydrogens (tertiary/aromatic N) is 2. The lowest BCUT2D eigenvalue weighted by molar-refractivity contribution is -0.0586. The third kappa shape index (κ3) is 4.14. The van der Waals surface area contributed by atoms with Gasteiger partial charge in [0.2, 0.25) is 0 Å². The second kappa shape index (κ2) is 8.05. The van der Waals surface area contributed by atoms with Crippen LogP contribution in [0.15, 0.2) is 48.5 Å². The molecule has 1 saturated heterocycles. The minimum Gasteiger partial charge on any atom is -0.372 e. The van der Waals surface area contributed by atoms with E-state index in [9.17, 15) is 9.59 Å². The lowest BCUT2D eigenvalue weighted by atomic mass is 10.1. The molecule has 29 heavy (non-hydrogen) atoms. The first-order valence-electron chi connectivity index (χ1n) is 9.76. The summed E-state index contributed by atoms with van der Waals surface area (Å²) in [4.78, 5) is 27.0. The number of benzene rings is 2. The maximum Gasteiger partial charge on any atom is 0.272 e. The van der Waals surface area contributed by atoms with Crippen LogP contribution in [0, 0.1) is 0 Å². The van der Waals surface area contributed by atoms with Crippen molar-refractivity contribution in [3.63, 3.8) is 0 Å². The van der Waals surface area contributed by atoms with Crippen molar-refractivity contribution in [3.05, 3.63) is 65.4 Å². The molecule has 7 heteroatoms. The molecule has 7 nitrogen and oxygen atoms in total. The fourth-order valence-electron chi connectivity index (χ4n) is 3.69. The van der Waals surface area contributed by atoms with E-state index < -0.39 is 0 Å². The number of aromatic nitrogens is 2. The molecule has 0 radical (unpaired) electrons. The number of hydrogen-bond donors (Lipinski definition) is 2. The minimum absolute atomic E-state index is 0.00516. The predicted octanol–water partition coefficient (Wildman–Crippen LogP) is 2.74. The van der Waals surface area contributed by atoms with Crippen molar-refractivity contribution >= 4 is 22.7 Å². The van der Waals surface area contributed by atoms with Gasteiger partial charge in [0.25, 0.3) is 11.8 Å². The molecule has 2 atom stereocenters. The third-order valence-corrected chi connectivity index (χ3v) is 5.05. The van der Waals surface area contributed by atoms with Crippen molar-refractivity contribution in [2.24, 2.45) is 0 Å². The van der Waals surface area contributed by atoms with E-state index in [4.69, 9.17) is 4.74 Å². The van der Waals surface area contributed by atoms with Gasteiger partial charge in [-0.05, 0) is 37.6 Å². The molecule has 2 amide bonds. The molecular formula is C22H24N4O3. The topological polar surface area (TPSA) is 87.3 Å². The Balaban J connectivity index is 1.38. The number of ether oxygens (including phenoxy) is 1. The zero-order valence-corrected chi connectivity index (χ0v) is 16.5. The SMILES string of the molecule is CC1CN(C(=O)c2ccc(CNC(=O)c3n[nH]c4ccccc34)cc2)CC(C)O1. The summed E-state index contributed by atoms with van der Waals surface area (Å²) in [5, 5.41) is 10.6. The number of carbonyl (C=O) groups excluding carboxylic acids is 2. The zero-order valence-electron chi connectivity index (χ0n) is 16.5. The molecule has 1 fully saturated rings. The van der Waals surface area contributed by atoms with Gasteiger partial charge in [0, 0.05) is 30.6 Å². The zero-order chi connectivity index (χ0) is 20.4. The van der Waals surface area contributed by atoms with Crippen molar-refractivity contribution in [2.45, 2.75) is 32.6 Å². The van der Waals surface area contributed by atoms with E-state index in [0.717, 1.165) is 16.5 Å². The van der Waals surface area contributed by atoms with Crippen LogP contribution in [0.25, 0.3) is 10.9 Å².